The molecule has 3 nitrogen and oxygen atoms in total. The SMILES string of the molecule is CC1(CNCc2c(Cl)cccc2S(C)(=O)=O)CCCCC1. The van der Waals surface area contributed by atoms with Crippen LogP contribution in [0.3, 0.4) is 0 Å². The molecule has 5 heteroatoms. The molecule has 1 aliphatic rings. The van der Waals surface area contributed by atoms with Crippen molar-refractivity contribution >= 4 is 21.4 Å². The summed E-state index contributed by atoms with van der Waals surface area (Å²) in [5.74, 6) is 0. The molecule has 0 amide bonds. The van der Waals surface area contributed by atoms with E-state index < -0.39 is 9.84 Å². The van der Waals surface area contributed by atoms with Crippen molar-refractivity contribution in [1.29, 1.82) is 0 Å². The van der Waals surface area contributed by atoms with Gasteiger partial charge in [0.15, 0.2) is 9.84 Å². The third-order valence-electron chi connectivity index (χ3n) is 4.39. The standard InChI is InChI=1S/C16H24ClNO2S/c1-16(9-4-3-5-10-16)12-18-11-13-14(17)7-6-8-15(13)21(2,19)20/h6-8,18H,3-5,9-12H2,1-2H3. The van der Waals surface area contributed by atoms with Crippen LogP contribution in [0, 0.1) is 5.41 Å². The third kappa shape index (κ3) is 4.44. The van der Waals surface area contributed by atoms with Crippen molar-refractivity contribution in [2.24, 2.45) is 5.41 Å². The molecule has 1 aliphatic carbocycles. The minimum Gasteiger partial charge on any atom is -0.312 e. The van der Waals surface area contributed by atoms with E-state index in [1.165, 1.54) is 38.4 Å². The van der Waals surface area contributed by atoms with E-state index in [2.05, 4.69) is 12.2 Å². The van der Waals surface area contributed by atoms with Gasteiger partial charge in [-0.3, -0.25) is 0 Å². The highest BCUT2D eigenvalue weighted by atomic mass is 35.5. The average Bonchev–Trinajstić information content (AvgIpc) is 2.40. The summed E-state index contributed by atoms with van der Waals surface area (Å²) in [6.45, 7) is 3.71. The maximum atomic E-state index is 11.8. The predicted octanol–water partition coefficient (Wildman–Crippen LogP) is 3.80. The van der Waals surface area contributed by atoms with E-state index in [-0.39, 0.29) is 0 Å². The molecule has 1 fully saturated rings. The first-order valence-corrected chi connectivity index (χ1v) is 9.77. The van der Waals surface area contributed by atoms with Gasteiger partial charge in [-0.15, -0.1) is 0 Å². The zero-order valence-electron chi connectivity index (χ0n) is 12.8. The van der Waals surface area contributed by atoms with Crippen molar-refractivity contribution in [1.82, 2.24) is 5.32 Å². The van der Waals surface area contributed by atoms with Crippen LogP contribution in [0.15, 0.2) is 23.1 Å². The molecule has 0 atom stereocenters. The Morgan fingerprint density at radius 1 is 1.24 bits per heavy atom. The van der Waals surface area contributed by atoms with Gasteiger partial charge in [0.05, 0.1) is 4.90 Å². The number of benzene rings is 1. The topological polar surface area (TPSA) is 46.2 Å². The summed E-state index contributed by atoms with van der Waals surface area (Å²) in [5, 5.41) is 3.93. The molecule has 0 aromatic heterocycles. The van der Waals surface area contributed by atoms with E-state index in [0.717, 1.165) is 6.54 Å². The van der Waals surface area contributed by atoms with Crippen molar-refractivity contribution < 1.29 is 8.42 Å². The summed E-state index contributed by atoms with van der Waals surface area (Å²) < 4.78 is 23.7. The van der Waals surface area contributed by atoms with E-state index in [0.29, 0.717) is 27.4 Å². The maximum absolute atomic E-state index is 11.8. The zero-order chi connectivity index (χ0) is 15.5. The fourth-order valence-electron chi connectivity index (χ4n) is 3.13. The Kier molecular flexibility index (Phi) is 5.33. The van der Waals surface area contributed by atoms with Crippen LogP contribution in [0.1, 0.15) is 44.6 Å². The van der Waals surface area contributed by atoms with Gasteiger partial charge >= 0.3 is 0 Å². The summed E-state index contributed by atoms with van der Waals surface area (Å²) in [7, 11) is -3.25. The number of hydrogen-bond acceptors (Lipinski definition) is 3. The molecule has 0 unspecified atom stereocenters. The van der Waals surface area contributed by atoms with Gasteiger partial charge in [0.2, 0.25) is 0 Å². The Bertz CT molecular complexity index is 592. The number of nitrogens with one attached hydrogen (secondary N) is 1. The zero-order valence-corrected chi connectivity index (χ0v) is 14.4. The van der Waals surface area contributed by atoms with Gasteiger partial charge in [-0.05, 0) is 30.4 Å². The number of halogens is 1. The smallest absolute Gasteiger partial charge is 0.175 e. The molecular weight excluding hydrogens is 306 g/mol. The Labute approximate surface area is 133 Å². The van der Waals surface area contributed by atoms with Crippen molar-refractivity contribution in [3.05, 3.63) is 28.8 Å². The first-order valence-electron chi connectivity index (χ1n) is 7.50. The van der Waals surface area contributed by atoms with Crippen LogP contribution in [0.2, 0.25) is 5.02 Å². The Morgan fingerprint density at radius 3 is 2.52 bits per heavy atom. The van der Waals surface area contributed by atoms with Crippen LogP contribution in [0.5, 0.6) is 0 Å². The molecule has 0 saturated heterocycles. The van der Waals surface area contributed by atoms with Gasteiger partial charge in [-0.25, -0.2) is 8.42 Å². The molecule has 0 bridgehead atoms. The molecule has 1 N–H and O–H groups in total. The number of hydrogen-bond donors (Lipinski definition) is 1. The van der Waals surface area contributed by atoms with E-state index in [4.69, 9.17) is 11.6 Å². The lowest BCUT2D eigenvalue weighted by molar-refractivity contribution is 0.207. The van der Waals surface area contributed by atoms with E-state index in [1.54, 1.807) is 18.2 Å². The lowest BCUT2D eigenvalue weighted by Crippen LogP contribution is -2.33. The maximum Gasteiger partial charge on any atom is 0.175 e. The fraction of sp³-hybridized carbons (Fsp3) is 0.625. The minimum absolute atomic E-state index is 0.324. The van der Waals surface area contributed by atoms with Gasteiger partial charge in [0.25, 0.3) is 0 Å². The van der Waals surface area contributed by atoms with E-state index in [1.807, 2.05) is 0 Å². The third-order valence-corrected chi connectivity index (χ3v) is 5.93. The van der Waals surface area contributed by atoms with Crippen LogP contribution >= 0.6 is 11.6 Å². The molecule has 2 rings (SSSR count). The first kappa shape index (κ1) is 16.8. The van der Waals surface area contributed by atoms with Crippen LogP contribution in [-0.2, 0) is 16.4 Å². The monoisotopic (exact) mass is 329 g/mol. The lowest BCUT2D eigenvalue weighted by Gasteiger charge is -2.34. The first-order chi connectivity index (χ1) is 9.82. The Hall–Kier alpha value is -0.580. The highest BCUT2D eigenvalue weighted by Crippen LogP contribution is 2.35. The molecule has 1 aromatic carbocycles. The Morgan fingerprint density at radius 2 is 1.90 bits per heavy atom. The van der Waals surface area contributed by atoms with Crippen LogP contribution in [0.25, 0.3) is 0 Å². The highest BCUT2D eigenvalue weighted by Gasteiger charge is 2.26. The van der Waals surface area contributed by atoms with Crippen molar-refractivity contribution in [2.75, 3.05) is 12.8 Å². The van der Waals surface area contributed by atoms with Crippen molar-refractivity contribution in [3.63, 3.8) is 0 Å². The van der Waals surface area contributed by atoms with Gasteiger partial charge in [-0.2, -0.15) is 0 Å². The van der Waals surface area contributed by atoms with Gasteiger partial charge in [-0.1, -0.05) is 43.9 Å². The van der Waals surface area contributed by atoms with Crippen molar-refractivity contribution in [2.45, 2.75) is 50.5 Å². The molecule has 0 heterocycles. The molecule has 21 heavy (non-hydrogen) atoms. The largest absolute Gasteiger partial charge is 0.312 e. The van der Waals surface area contributed by atoms with E-state index in [9.17, 15) is 8.42 Å². The minimum atomic E-state index is -3.25. The van der Waals surface area contributed by atoms with Gasteiger partial charge < -0.3 is 5.32 Å². The molecule has 1 aromatic rings. The van der Waals surface area contributed by atoms with Crippen LogP contribution in [-0.4, -0.2) is 21.2 Å². The van der Waals surface area contributed by atoms with Gasteiger partial charge in [0.1, 0.15) is 0 Å². The molecule has 0 aliphatic heterocycles. The highest BCUT2D eigenvalue weighted by molar-refractivity contribution is 7.90. The fourth-order valence-corrected chi connectivity index (χ4v) is 4.38. The number of sulfone groups is 1. The summed E-state index contributed by atoms with van der Waals surface area (Å²) in [4.78, 5) is 0.330. The van der Waals surface area contributed by atoms with E-state index >= 15 is 0 Å². The van der Waals surface area contributed by atoms with Crippen LogP contribution in [0.4, 0.5) is 0 Å². The molecule has 1 saturated carbocycles. The number of rotatable bonds is 5. The second-order valence-electron chi connectivity index (χ2n) is 6.46. The van der Waals surface area contributed by atoms with Gasteiger partial charge in [0, 0.05) is 29.9 Å². The average molecular weight is 330 g/mol. The second kappa shape index (κ2) is 6.67. The quantitative estimate of drug-likeness (QED) is 0.893. The Balaban J connectivity index is 2.06. The summed E-state index contributed by atoms with van der Waals surface area (Å²) in [6, 6.07) is 5.06. The normalized spacial score (nSPS) is 18.6. The molecular formula is C16H24ClNO2S. The molecule has 0 radical (unpaired) electrons. The predicted molar refractivity (Wildman–Crippen MR) is 87.5 cm³/mol. The van der Waals surface area contributed by atoms with Crippen LogP contribution < -0.4 is 5.32 Å². The second-order valence-corrected chi connectivity index (χ2v) is 8.85. The van der Waals surface area contributed by atoms with Crippen molar-refractivity contribution in [3.8, 4) is 0 Å². The summed E-state index contributed by atoms with van der Waals surface area (Å²) in [6.07, 6.45) is 7.61. The molecule has 118 valence electrons. The summed E-state index contributed by atoms with van der Waals surface area (Å²) in [5.41, 5.74) is 1.01. The summed E-state index contributed by atoms with van der Waals surface area (Å²) >= 11 is 6.19. The molecule has 0 spiro atoms. The lowest BCUT2D eigenvalue weighted by atomic mass is 9.76.